The second-order valence-electron chi connectivity index (χ2n) is 16.0. The van der Waals surface area contributed by atoms with E-state index in [0.717, 1.165) is 56.3 Å². The lowest BCUT2D eigenvalue weighted by molar-refractivity contribution is 0.477. The van der Waals surface area contributed by atoms with Crippen molar-refractivity contribution in [3.8, 4) is 50.6 Å². The summed E-state index contributed by atoms with van der Waals surface area (Å²) in [6.07, 6.45) is 0. The van der Waals surface area contributed by atoms with Crippen molar-refractivity contribution in [1.29, 1.82) is 0 Å². The van der Waals surface area contributed by atoms with Crippen LogP contribution in [0, 0.1) is 0 Å². The molecule has 4 heteroatoms. The van der Waals surface area contributed by atoms with Crippen LogP contribution >= 0.6 is 11.3 Å². The number of thiophene rings is 1. The van der Waals surface area contributed by atoms with Crippen molar-refractivity contribution in [3.63, 3.8) is 0 Å². The lowest BCUT2D eigenvalue weighted by Gasteiger charge is -2.27. The minimum atomic E-state index is 0.861. The second kappa shape index (κ2) is 13.8. The van der Waals surface area contributed by atoms with E-state index >= 15 is 0 Å². The van der Waals surface area contributed by atoms with Crippen LogP contribution in [0.4, 0.5) is 17.1 Å². The number of nitrogens with zero attached hydrogens (tertiary/aromatic N) is 2. The molecule has 62 heavy (non-hydrogen) atoms. The highest BCUT2D eigenvalue weighted by Gasteiger charge is 2.26. The zero-order chi connectivity index (χ0) is 40.7. The monoisotopic (exact) mass is 808 g/mol. The third kappa shape index (κ3) is 5.37. The van der Waals surface area contributed by atoms with Gasteiger partial charge in [-0.3, -0.25) is 0 Å². The quantitative estimate of drug-likeness (QED) is 0.166. The van der Waals surface area contributed by atoms with Crippen molar-refractivity contribution < 1.29 is 4.74 Å². The Bertz CT molecular complexity index is 3720. The SMILES string of the molecule is c1cc(-c2ccc(-c3cccc4c3-n3c5ccccc5c5cccc(c53)O4)cc2)cc(N(c2ccc(-c3cccc4ccccc34)cc2)c2cccc3c2sc2ccccc23)c1. The van der Waals surface area contributed by atoms with E-state index < -0.39 is 0 Å². The van der Waals surface area contributed by atoms with Gasteiger partial charge in [0.25, 0.3) is 0 Å². The molecule has 3 nitrogen and oxygen atoms in total. The van der Waals surface area contributed by atoms with Crippen molar-refractivity contribution in [2.75, 3.05) is 4.90 Å². The van der Waals surface area contributed by atoms with Crippen LogP contribution < -0.4 is 9.64 Å². The maximum absolute atomic E-state index is 6.61. The van der Waals surface area contributed by atoms with Crippen molar-refractivity contribution in [1.82, 2.24) is 4.57 Å². The van der Waals surface area contributed by atoms with Crippen molar-refractivity contribution in [2.24, 2.45) is 0 Å². The Hall–Kier alpha value is -7.92. The van der Waals surface area contributed by atoms with E-state index in [1.54, 1.807) is 0 Å². The summed E-state index contributed by atoms with van der Waals surface area (Å²) in [5, 5.41) is 7.50. The minimum Gasteiger partial charge on any atom is -0.453 e. The fourth-order valence-electron chi connectivity index (χ4n) is 9.76. The topological polar surface area (TPSA) is 17.4 Å². The summed E-state index contributed by atoms with van der Waals surface area (Å²) in [4.78, 5) is 2.43. The number of ether oxygens (including phenoxy) is 1. The molecule has 290 valence electrons. The van der Waals surface area contributed by atoms with Crippen LogP contribution in [-0.2, 0) is 0 Å². The summed E-state index contributed by atoms with van der Waals surface area (Å²) in [5.74, 6) is 1.75. The predicted molar refractivity (Wildman–Crippen MR) is 262 cm³/mol. The standard InChI is InChI=1S/C58H36N2OS/c1-2-16-44-38(12-1)13-8-19-45(44)39-32-34-42(35-33-39)59(52-24-9-22-50-48-18-4-6-27-55(48)62-58(50)52)43-15-7-14-41(36-43)37-28-30-40(31-29-37)46-20-10-25-53-56(46)60-51-23-5-3-17-47(51)49-21-11-26-54(61-53)57(49)60/h1-36H. The first-order valence-electron chi connectivity index (χ1n) is 21.1. The zero-order valence-corrected chi connectivity index (χ0v) is 34.3. The molecule has 0 spiro atoms. The molecule has 12 aromatic rings. The highest BCUT2D eigenvalue weighted by molar-refractivity contribution is 7.26. The van der Waals surface area contributed by atoms with Gasteiger partial charge < -0.3 is 14.2 Å². The Kier molecular flexibility index (Phi) is 7.78. The Morgan fingerprint density at radius 1 is 0.403 bits per heavy atom. The van der Waals surface area contributed by atoms with Crippen LogP contribution in [0.1, 0.15) is 0 Å². The van der Waals surface area contributed by atoms with Gasteiger partial charge in [-0.05, 0) is 93.2 Å². The molecule has 13 rings (SSSR count). The van der Waals surface area contributed by atoms with E-state index in [1.165, 1.54) is 64.0 Å². The van der Waals surface area contributed by atoms with Gasteiger partial charge in [-0.1, -0.05) is 164 Å². The molecule has 2 aromatic heterocycles. The average molecular weight is 809 g/mol. The molecule has 0 aliphatic carbocycles. The molecule has 0 saturated heterocycles. The second-order valence-corrected chi connectivity index (χ2v) is 17.1. The maximum Gasteiger partial charge on any atom is 0.152 e. The number of anilines is 3. The highest BCUT2D eigenvalue weighted by atomic mass is 32.1. The minimum absolute atomic E-state index is 0.861. The molecular weight excluding hydrogens is 773 g/mol. The van der Waals surface area contributed by atoms with Crippen LogP contribution in [0.3, 0.4) is 0 Å². The van der Waals surface area contributed by atoms with E-state index in [2.05, 4.69) is 228 Å². The first-order valence-corrected chi connectivity index (χ1v) is 21.9. The Morgan fingerprint density at radius 2 is 1.03 bits per heavy atom. The normalized spacial score (nSPS) is 12.0. The summed E-state index contributed by atoms with van der Waals surface area (Å²) >= 11 is 1.86. The third-order valence-electron chi connectivity index (χ3n) is 12.6. The number of benzene rings is 10. The maximum atomic E-state index is 6.61. The van der Waals surface area contributed by atoms with Crippen molar-refractivity contribution in [2.45, 2.75) is 0 Å². The lowest BCUT2D eigenvalue weighted by atomic mass is 9.97. The fourth-order valence-corrected chi connectivity index (χ4v) is 11.0. The van der Waals surface area contributed by atoms with Gasteiger partial charge in [0.1, 0.15) is 0 Å². The van der Waals surface area contributed by atoms with Crippen LogP contribution in [0.5, 0.6) is 11.5 Å². The van der Waals surface area contributed by atoms with Gasteiger partial charge in [-0.2, -0.15) is 0 Å². The number of rotatable bonds is 6. The zero-order valence-electron chi connectivity index (χ0n) is 33.5. The van der Waals surface area contributed by atoms with E-state index in [4.69, 9.17) is 4.74 Å². The van der Waals surface area contributed by atoms with Gasteiger partial charge in [-0.15, -0.1) is 11.3 Å². The van der Waals surface area contributed by atoms with Gasteiger partial charge in [-0.25, -0.2) is 0 Å². The van der Waals surface area contributed by atoms with Crippen molar-refractivity contribution >= 4 is 81.1 Å². The van der Waals surface area contributed by atoms with Crippen molar-refractivity contribution in [3.05, 3.63) is 218 Å². The summed E-state index contributed by atoms with van der Waals surface area (Å²) in [6.45, 7) is 0. The third-order valence-corrected chi connectivity index (χ3v) is 13.8. The number of fused-ring (bicyclic) bond motifs is 9. The predicted octanol–water partition coefficient (Wildman–Crippen LogP) is 16.9. The molecule has 0 saturated carbocycles. The lowest BCUT2D eigenvalue weighted by Crippen LogP contribution is -2.10. The Balaban J connectivity index is 0.918. The number of aromatic nitrogens is 1. The average Bonchev–Trinajstić information content (AvgIpc) is 3.89. The molecule has 0 bridgehead atoms. The molecule has 3 heterocycles. The van der Waals surface area contributed by atoms with Gasteiger partial charge >= 0.3 is 0 Å². The first-order chi connectivity index (χ1) is 30.7. The molecule has 0 fully saturated rings. The van der Waals surface area contributed by atoms with Crippen LogP contribution in [0.25, 0.3) is 91.8 Å². The van der Waals surface area contributed by atoms with E-state index in [-0.39, 0.29) is 0 Å². The molecule has 0 N–H and O–H groups in total. The largest absolute Gasteiger partial charge is 0.453 e. The van der Waals surface area contributed by atoms with E-state index in [1.807, 2.05) is 11.3 Å². The molecule has 1 aliphatic rings. The fraction of sp³-hybridized carbons (Fsp3) is 0. The smallest absolute Gasteiger partial charge is 0.152 e. The Morgan fingerprint density at radius 3 is 1.94 bits per heavy atom. The summed E-state index contributed by atoms with van der Waals surface area (Å²) in [6, 6.07) is 79.1. The summed E-state index contributed by atoms with van der Waals surface area (Å²) in [7, 11) is 0. The van der Waals surface area contributed by atoms with Gasteiger partial charge in [0.05, 0.1) is 27.1 Å². The van der Waals surface area contributed by atoms with Gasteiger partial charge in [0, 0.05) is 43.2 Å². The summed E-state index contributed by atoms with van der Waals surface area (Å²) in [5.41, 5.74) is 13.8. The van der Waals surface area contributed by atoms with E-state index in [9.17, 15) is 0 Å². The highest BCUT2D eigenvalue weighted by Crippen LogP contribution is 2.49. The van der Waals surface area contributed by atoms with Crippen LogP contribution in [-0.4, -0.2) is 4.57 Å². The first kappa shape index (κ1) is 34.9. The Labute approximate surface area is 362 Å². The van der Waals surface area contributed by atoms with Gasteiger partial charge in [0.2, 0.25) is 0 Å². The van der Waals surface area contributed by atoms with E-state index in [0.29, 0.717) is 0 Å². The molecular formula is C58H36N2OS. The summed E-state index contributed by atoms with van der Waals surface area (Å²) < 4.78 is 11.6. The molecule has 0 unspecified atom stereocenters. The molecule has 10 aromatic carbocycles. The number of para-hydroxylation sites is 3. The number of hydrogen-bond donors (Lipinski definition) is 0. The molecule has 1 aliphatic heterocycles. The van der Waals surface area contributed by atoms with Crippen LogP contribution in [0.15, 0.2) is 218 Å². The van der Waals surface area contributed by atoms with Crippen LogP contribution in [0.2, 0.25) is 0 Å². The molecule has 0 amide bonds. The molecule has 0 radical (unpaired) electrons. The molecule has 0 atom stereocenters. The number of hydrogen-bond acceptors (Lipinski definition) is 3. The van der Waals surface area contributed by atoms with Gasteiger partial charge in [0.15, 0.2) is 11.5 Å².